The third kappa shape index (κ3) is 4.31. The number of hydrogen-bond acceptors (Lipinski definition) is 1. The smallest absolute Gasteiger partial charge is 0.126 e. The molecule has 0 unspecified atom stereocenters. The Labute approximate surface area is 104 Å². The van der Waals surface area contributed by atoms with Crippen LogP contribution in [0.2, 0.25) is 0 Å². The Morgan fingerprint density at radius 1 is 1.41 bits per heavy atom. The third-order valence-corrected chi connectivity index (χ3v) is 2.55. The molecule has 0 aromatic heterocycles. The highest BCUT2D eigenvalue weighted by Gasteiger charge is 2.05. The van der Waals surface area contributed by atoms with Crippen molar-refractivity contribution in [2.75, 3.05) is 6.61 Å². The largest absolute Gasteiger partial charge is 0.488 e. The maximum Gasteiger partial charge on any atom is 0.126 e. The first kappa shape index (κ1) is 13.3. The highest BCUT2D eigenvalue weighted by molar-refractivity contribution is 5.40. The first-order chi connectivity index (χ1) is 8.15. The fourth-order valence-corrected chi connectivity index (χ4v) is 1.49. The van der Waals surface area contributed by atoms with E-state index in [0.29, 0.717) is 6.61 Å². The molecule has 0 heterocycles. The molecule has 1 aliphatic carbocycles. The van der Waals surface area contributed by atoms with Crippen LogP contribution >= 0.6 is 0 Å². The SMILES string of the molecule is C=C/C=C(/OCC1=CCCC=C1)C(=C)C(=C)C. The minimum Gasteiger partial charge on any atom is -0.488 e. The summed E-state index contributed by atoms with van der Waals surface area (Å²) in [5.74, 6) is 0.743. The minimum absolute atomic E-state index is 0.572. The van der Waals surface area contributed by atoms with Gasteiger partial charge in [-0.3, -0.25) is 0 Å². The minimum atomic E-state index is 0.572. The van der Waals surface area contributed by atoms with E-state index in [9.17, 15) is 0 Å². The molecule has 0 bridgehead atoms. The Balaban J connectivity index is 2.62. The van der Waals surface area contributed by atoms with Crippen molar-refractivity contribution in [1.82, 2.24) is 0 Å². The molecule has 1 rings (SSSR count). The van der Waals surface area contributed by atoms with Crippen molar-refractivity contribution in [2.24, 2.45) is 0 Å². The molecule has 0 aliphatic heterocycles. The van der Waals surface area contributed by atoms with E-state index in [1.165, 1.54) is 5.57 Å². The summed E-state index contributed by atoms with van der Waals surface area (Å²) in [5, 5.41) is 0. The zero-order chi connectivity index (χ0) is 12.7. The molecule has 0 N–H and O–H groups in total. The van der Waals surface area contributed by atoms with Crippen LogP contribution in [0, 0.1) is 0 Å². The van der Waals surface area contributed by atoms with Crippen LogP contribution in [0.3, 0.4) is 0 Å². The average molecular weight is 228 g/mol. The number of ether oxygens (including phenoxy) is 1. The predicted octanol–water partition coefficient (Wildman–Crippen LogP) is 4.48. The van der Waals surface area contributed by atoms with E-state index in [4.69, 9.17) is 4.74 Å². The summed E-state index contributed by atoms with van der Waals surface area (Å²) in [5.41, 5.74) is 2.94. The first-order valence-electron chi connectivity index (χ1n) is 5.81. The number of hydrogen-bond donors (Lipinski definition) is 0. The van der Waals surface area contributed by atoms with Crippen molar-refractivity contribution in [3.63, 3.8) is 0 Å². The van der Waals surface area contributed by atoms with Gasteiger partial charge in [0.2, 0.25) is 0 Å². The second-order valence-electron chi connectivity index (χ2n) is 4.07. The zero-order valence-corrected chi connectivity index (χ0v) is 10.5. The van der Waals surface area contributed by atoms with E-state index >= 15 is 0 Å². The lowest BCUT2D eigenvalue weighted by Gasteiger charge is -2.14. The molecule has 0 fully saturated rings. The maximum absolute atomic E-state index is 5.76. The van der Waals surface area contributed by atoms with Gasteiger partial charge in [-0.15, -0.1) is 0 Å². The topological polar surface area (TPSA) is 9.23 Å². The van der Waals surface area contributed by atoms with E-state index in [-0.39, 0.29) is 0 Å². The highest BCUT2D eigenvalue weighted by atomic mass is 16.5. The lowest BCUT2D eigenvalue weighted by molar-refractivity contribution is 0.251. The van der Waals surface area contributed by atoms with Gasteiger partial charge in [0, 0.05) is 5.57 Å². The summed E-state index contributed by atoms with van der Waals surface area (Å²) in [6, 6.07) is 0. The van der Waals surface area contributed by atoms with Gasteiger partial charge in [0.15, 0.2) is 0 Å². The second-order valence-corrected chi connectivity index (χ2v) is 4.07. The summed E-state index contributed by atoms with van der Waals surface area (Å²) >= 11 is 0. The van der Waals surface area contributed by atoms with E-state index in [1.807, 2.05) is 13.0 Å². The van der Waals surface area contributed by atoms with Gasteiger partial charge < -0.3 is 4.74 Å². The first-order valence-corrected chi connectivity index (χ1v) is 5.81. The van der Waals surface area contributed by atoms with Crippen LogP contribution in [-0.4, -0.2) is 6.61 Å². The van der Waals surface area contributed by atoms with E-state index in [2.05, 4.69) is 38.0 Å². The Bertz CT molecular complexity index is 405. The normalized spacial score (nSPS) is 15.1. The summed E-state index contributed by atoms with van der Waals surface area (Å²) in [6.07, 6.45) is 12.2. The van der Waals surface area contributed by atoms with Crippen LogP contribution in [0.1, 0.15) is 19.8 Å². The average Bonchev–Trinajstić information content (AvgIpc) is 2.34. The van der Waals surface area contributed by atoms with Crippen molar-refractivity contribution in [2.45, 2.75) is 19.8 Å². The number of allylic oxidation sites excluding steroid dienone is 5. The Hall–Kier alpha value is -1.76. The summed E-state index contributed by atoms with van der Waals surface area (Å²) in [6.45, 7) is 14.0. The molecule has 90 valence electrons. The molecule has 0 amide bonds. The monoisotopic (exact) mass is 228 g/mol. The standard InChI is InChI=1S/C16H20O/c1-5-9-16(14(4)13(2)3)17-12-15-10-7-6-8-11-15/h5,7,9-11H,1-2,4,6,8,12H2,3H3/b16-9+. The molecule has 17 heavy (non-hydrogen) atoms. The van der Waals surface area contributed by atoms with Crippen LogP contribution < -0.4 is 0 Å². The molecule has 1 nitrogen and oxygen atoms in total. The van der Waals surface area contributed by atoms with Crippen molar-refractivity contribution >= 4 is 0 Å². The zero-order valence-electron chi connectivity index (χ0n) is 10.5. The van der Waals surface area contributed by atoms with Gasteiger partial charge in [0.25, 0.3) is 0 Å². The fraction of sp³-hybridized carbons (Fsp3) is 0.250. The molecule has 0 saturated carbocycles. The van der Waals surface area contributed by atoms with Gasteiger partial charge in [-0.05, 0) is 37.0 Å². The maximum atomic E-state index is 5.76. The number of rotatable bonds is 6. The van der Waals surface area contributed by atoms with Gasteiger partial charge in [-0.25, -0.2) is 0 Å². The van der Waals surface area contributed by atoms with Crippen LogP contribution in [0.25, 0.3) is 0 Å². The lowest BCUT2D eigenvalue weighted by Crippen LogP contribution is -2.01. The van der Waals surface area contributed by atoms with Gasteiger partial charge in [-0.1, -0.05) is 44.0 Å². The van der Waals surface area contributed by atoms with E-state index in [0.717, 1.165) is 29.7 Å². The van der Waals surface area contributed by atoms with Crippen molar-refractivity contribution in [3.8, 4) is 0 Å². The summed E-state index contributed by atoms with van der Waals surface area (Å²) in [4.78, 5) is 0. The quantitative estimate of drug-likeness (QED) is 0.481. The van der Waals surface area contributed by atoms with Crippen molar-refractivity contribution < 1.29 is 4.74 Å². The molecule has 1 heteroatoms. The second kappa shape index (κ2) is 6.74. The predicted molar refractivity (Wildman–Crippen MR) is 74.6 cm³/mol. The Morgan fingerprint density at radius 3 is 2.71 bits per heavy atom. The molecule has 0 radical (unpaired) electrons. The van der Waals surface area contributed by atoms with E-state index in [1.54, 1.807) is 6.08 Å². The summed E-state index contributed by atoms with van der Waals surface area (Å²) in [7, 11) is 0. The highest BCUT2D eigenvalue weighted by Crippen LogP contribution is 2.19. The Morgan fingerprint density at radius 2 is 2.18 bits per heavy atom. The molecule has 0 saturated heterocycles. The molecule has 0 aromatic rings. The third-order valence-electron chi connectivity index (χ3n) is 2.55. The molecule has 0 spiro atoms. The van der Waals surface area contributed by atoms with Crippen molar-refractivity contribution in [3.05, 3.63) is 72.6 Å². The van der Waals surface area contributed by atoms with Crippen LogP contribution in [0.4, 0.5) is 0 Å². The van der Waals surface area contributed by atoms with Gasteiger partial charge in [0.05, 0.1) is 0 Å². The Kier molecular flexibility index (Phi) is 5.28. The van der Waals surface area contributed by atoms with Crippen LogP contribution in [-0.2, 0) is 4.74 Å². The fourth-order valence-electron chi connectivity index (χ4n) is 1.49. The van der Waals surface area contributed by atoms with Crippen LogP contribution in [0.15, 0.2) is 72.6 Å². The van der Waals surface area contributed by atoms with Gasteiger partial charge >= 0.3 is 0 Å². The molecular formula is C16H20O. The molecular weight excluding hydrogens is 208 g/mol. The van der Waals surface area contributed by atoms with Crippen molar-refractivity contribution in [1.29, 1.82) is 0 Å². The molecule has 1 aliphatic rings. The molecule has 0 atom stereocenters. The van der Waals surface area contributed by atoms with Gasteiger partial charge in [0.1, 0.15) is 12.4 Å². The van der Waals surface area contributed by atoms with Crippen LogP contribution in [0.5, 0.6) is 0 Å². The van der Waals surface area contributed by atoms with E-state index < -0.39 is 0 Å². The van der Waals surface area contributed by atoms with Gasteiger partial charge in [-0.2, -0.15) is 0 Å². The lowest BCUT2D eigenvalue weighted by atomic mass is 10.1. The summed E-state index contributed by atoms with van der Waals surface area (Å²) < 4.78 is 5.76. The molecule has 0 aromatic carbocycles.